The van der Waals surface area contributed by atoms with Crippen molar-refractivity contribution in [2.24, 2.45) is 17.3 Å². The third-order valence-electron chi connectivity index (χ3n) is 2.37. The van der Waals surface area contributed by atoms with E-state index < -0.39 is 0 Å². The smallest absolute Gasteiger partial charge is 0.00500 e. The highest BCUT2D eigenvalue weighted by Crippen LogP contribution is 2.33. The molecule has 0 fully saturated rings. The van der Waals surface area contributed by atoms with Gasteiger partial charge in [0.15, 0.2) is 0 Å². The topological polar surface area (TPSA) is 0 Å². The minimum atomic E-state index is 0.288. The van der Waals surface area contributed by atoms with E-state index in [-0.39, 0.29) is 5.41 Å². The lowest BCUT2D eigenvalue weighted by molar-refractivity contribution is 0.505. The van der Waals surface area contributed by atoms with Gasteiger partial charge in [-0.15, -0.1) is 0 Å². The van der Waals surface area contributed by atoms with E-state index in [9.17, 15) is 0 Å². The van der Waals surface area contributed by atoms with Crippen LogP contribution in [0.4, 0.5) is 0 Å². The Morgan fingerprint density at radius 1 is 1.33 bits per heavy atom. The Morgan fingerprint density at radius 2 is 1.92 bits per heavy atom. The lowest BCUT2D eigenvalue weighted by Gasteiger charge is -2.19. The van der Waals surface area contributed by atoms with Crippen molar-refractivity contribution in [2.45, 2.75) is 34.6 Å². The summed E-state index contributed by atoms with van der Waals surface area (Å²) in [4.78, 5) is 0. The second-order valence-electron chi connectivity index (χ2n) is 4.95. The third-order valence-corrected chi connectivity index (χ3v) is 2.37. The predicted molar refractivity (Wildman–Crippen MR) is 53.7 cm³/mol. The van der Waals surface area contributed by atoms with Crippen molar-refractivity contribution in [1.29, 1.82) is 0 Å². The minimum absolute atomic E-state index is 0.288. The van der Waals surface area contributed by atoms with Crippen LogP contribution < -0.4 is 0 Å². The summed E-state index contributed by atoms with van der Waals surface area (Å²) in [5.74, 6) is 1.22. The molecule has 0 saturated heterocycles. The molecule has 1 atom stereocenters. The molecule has 1 unspecified atom stereocenters. The molecule has 1 rings (SSSR count). The van der Waals surface area contributed by atoms with Crippen LogP contribution in [0.25, 0.3) is 0 Å². The molecule has 0 saturated carbocycles. The SMILES string of the molecule is CC(C)C1[C]=CC(C(C)(C)C)=C1. The van der Waals surface area contributed by atoms with Crippen molar-refractivity contribution in [1.82, 2.24) is 0 Å². The van der Waals surface area contributed by atoms with E-state index in [1.165, 1.54) is 5.57 Å². The summed E-state index contributed by atoms with van der Waals surface area (Å²) < 4.78 is 0. The van der Waals surface area contributed by atoms with Crippen LogP contribution in [0.1, 0.15) is 34.6 Å². The van der Waals surface area contributed by atoms with E-state index in [1.54, 1.807) is 0 Å². The van der Waals surface area contributed by atoms with Crippen LogP contribution in [-0.2, 0) is 0 Å². The highest BCUT2D eigenvalue weighted by Gasteiger charge is 2.21. The maximum Gasteiger partial charge on any atom is 0.00500 e. The van der Waals surface area contributed by atoms with Crippen molar-refractivity contribution in [3.05, 3.63) is 23.8 Å². The van der Waals surface area contributed by atoms with Gasteiger partial charge in [0.25, 0.3) is 0 Å². The van der Waals surface area contributed by atoms with Gasteiger partial charge in [0, 0.05) is 5.92 Å². The molecule has 1 aliphatic rings. The first kappa shape index (κ1) is 9.57. The molecule has 0 aromatic carbocycles. The van der Waals surface area contributed by atoms with Crippen molar-refractivity contribution < 1.29 is 0 Å². The molecule has 0 aromatic rings. The normalized spacial score (nSPS) is 23.5. The van der Waals surface area contributed by atoms with E-state index in [4.69, 9.17) is 0 Å². The fourth-order valence-electron chi connectivity index (χ4n) is 1.33. The van der Waals surface area contributed by atoms with Crippen molar-refractivity contribution in [3.63, 3.8) is 0 Å². The lowest BCUT2D eigenvalue weighted by Crippen LogP contribution is -2.07. The largest absolute Gasteiger partial charge is 0.0730 e. The van der Waals surface area contributed by atoms with E-state index in [2.05, 4.69) is 52.8 Å². The second-order valence-corrected chi connectivity index (χ2v) is 4.95. The van der Waals surface area contributed by atoms with Gasteiger partial charge < -0.3 is 0 Å². The molecule has 0 aromatic heterocycles. The monoisotopic (exact) mass is 163 g/mol. The number of hydrogen-bond donors (Lipinski definition) is 0. The van der Waals surface area contributed by atoms with Crippen LogP contribution in [0.3, 0.4) is 0 Å². The van der Waals surface area contributed by atoms with Crippen molar-refractivity contribution >= 4 is 0 Å². The Morgan fingerprint density at radius 3 is 2.17 bits per heavy atom. The molecule has 0 spiro atoms. The molecule has 1 radical (unpaired) electrons. The van der Waals surface area contributed by atoms with Crippen LogP contribution in [0.5, 0.6) is 0 Å². The Bertz CT molecular complexity index is 211. The van der Waals surface area contributed by atoms with Gasteiger partial charge in [0.05, 0.1) is 0 Å². The predicted octanol–water partition coefficient (Wildman–Crippen LogP) is 3.60. The summed E-state index contributed by atoms with van der Waals surface area (Å²) in [6.07, 6.45) is 7.90. The number of hydrogen-bond acceptors (Lipinski definition) is 0. The zero-order chi connectivity index (χ0) is 9.35. The van der Waals surface area contributed by atoms with Gasteiger partial charge in [0.1, 0.15) is 0 Å². The Labute approximate surface area is 76.4 Å². The highest BCUT2D eigenvalue weighted by molar-refractivity contribution is 5.30. The summed E-state index contributed by atoms with van der Waals surface area (Å²) in [7, 11) is 0. The average Bonchev–Trinajstić information content (AvgIpc) is 2.30. The summed E-state index contributed by atoms with van der Waals surface area (Å²) in [5, 5.41) is 0. The Balaban J connectivity index is 2.75. The van der Waals surface area contributed by atoms with Crippen LogP contribution >= 0.6 is 0 Å². The van der Waals surface area contributed by atoms with Crippen LogP contribution in [0, 0.1) is 23.3 Å². The first-order valence-electron chi connectivity index (χ1n) is 4.73. The highest BCUT2D eigenvalue weighted by atomic mass is 14.3. The Kier molecular flexibility index (Phi) is 2.46. The summed E-state index contributed by atoms with van der Waals surface area (Å²) >= 11 is 0. The standard InChI is InChI=1S/C12H19/c1-9(2)10-6-7-11(8-10)12(3,4)5/h7-10H,1-5H3. The molecule has 67 valence electrons. The molecule has 12 heavy (non-hydrogen) atoms. The molecular weight excluding hydrogens is 144 g/mol. The molecule has 0 heterocycles. The molecule has 0 bridgehead atoms. The lowest BCUT2D eigenvalue weighted by atomic mass is 9.86. The van der Waals surface area contributed by atoms with Crippen LogP contribution in [0.15, 0.2) is 17.7 Å². The minimum Gasteiger partial charge on any atom is -0.0730 e. The van der Waals surface area contributed by atoms with Gasteiger partial charge >= 0.3 is 0 Å². The molecule has 0 amide bonds. The first-order chi connectivity index (χ1) is 5.41. The van der Waals surface area contributed by atoms with Crippen LogP contribution in [-0.4, -0.2) is 0 Å². The molecule has 0 N–H and O–H groups in total. The second kappa shape index (κ2) is 3.08. The molecule has 1 aliphatic carbocycles. The summed E-state index contributed by atoms with van der Waals surface area (Å²) in [6.45, 7) is 11.2. The summed E-state index contributed by atoms with van der Waals surface area (Å²) in [6, 6.07) is 0. The average molecular weight is 163 g/mol. The van der Waals surface area contributed by atoms with Gasteiger partial charge in [-0.05, 0) is 23.0 Å². The zero-order valence-corrected chi connectivity index (χ0v) is 8.81. The maximum atomic E-state index is 3.40. The number of allylic oxidation sites excluding steroid dienone is 4. The quantitative estimate of drug-likeness (QED) is 0.554. The first-order valence-corrected chi connectivity index (χ1v) is 4.73. The molecular formula is C12H19. The maximum absolute atomic E-state index is 3.40. The van der Waals surface area contributed by atoms with E-state index in [1.807, 2.05) is 0 Å². The van der Waals surface area contributed by atoms with Gasteiger partial charge in [-0.1, -0.05) is 46.8 Å². The van der Waals surface area contributed by atoms with Crippen molar-refractivity contribution in [3.8, 4) is 0 Å². The molecule has 0 heteroatoms. The molecule has 0 aliphatic heterocycles. The fraction of sp³-hybridized carbons (Fsp3) is 0.667. The van der Waals surface area contributed by atoms with Gasteiger partial charge in [-0.2, -0.15) is 0 Å². The van der Waals surface area contributed by atoms with E-state index in [0.29, 0.717) is 11.8 Å². The van der Waals surface area contributed by atoms with Crippen LogP contribution in [0.2, 0.25) is 0 Å². The summed E-state index contributed by atoms with van der Waals surface area (Å²) in [5.41, 5.74) is 1.72. The fourth-order valence-corrected chi connectivity index (χ4v) is 1.33. The van der Waals surface area contributed by atoms with Gasteiger partial charge in [-0.3, -0.25) is 0 Å². The Hall–Kier alpha value is -0.520. The number of rotatable bonds is 1. The third kappa shape index (κ3) is 2.00. The zero-order valence-electron chi connectivity index (χ0n) is 8.81. The van der Waals surface area contributed by atoms with E-state index in [0.717, 1.165) is 0 Å². The van der Waals surface area contributed by atoms with E-state index >= 15 is 0 Å². The van der Waals surface area contributed by atoms with Gasteiger partial charge in [-0.25, -0.2) is 0 Å². The van der Waals surface area contributed by atoms with Gasteiger partial charge in [0.2, 0.25) is 0 Å². The molecule has 0 nitrogen and oxygen atoms in total. The van der Waals surface area contributed by atoms with Crippen molar-refractivity contribution in [2.75, 3.05) is 0 Å².